The fourth-order valence-corrected chi connectivity index (χ4v) is 3.46. The first kappa shape index (κ1) is 19.1. The van der Waals surface area contributed by atoms with Crippen LogP contribution in [0.5, 0.6) is 0 Å². The molecule has 2 aromatic carbocycles. The molecule has 0 heterocycles. The molecule has 2 aromatic rings. The Labute approximate surface area is 155 Å². The molecular weight excluding hydrogens is 385 g/mol. The van der Waals surface area contributed by atoms with E-state index in [-0.39, 0.29) is 11.3 Å². The number of sulfonamides is 1. The molecular formula is C16H13Cl2N3O3S. The summed E-state index contributed by atoms with van der Waals surface area (Å²) in [7, 11) is -3.74. The van der Waals surface area contributed by atoms with Gasteiger partial charge in [-0.25, -0.2) is 8.42 Å². The Morgan fingerprint density at radius 3 is 2.40 bits per heavy atom. The standard InChI is InChI=1S/C16H13Cl2N3O3S/c1-25(23,24)21(15-4-2-3-11(5-15)9-19)10-16(22)20-14-7-12(17)6-13(18)8-14/h2-8H,10H2,1H3,(H,20,22). The molecule has 1 amide bonds. The zero-order valence-electron chi connectivity index (χ0n) is 13.0. The van der Waals surface area contributed by atoms with Gasteiger partial charge in [-0.15, -0.1) is 0 Å². The van der Waals surface area contributed by atoms with E-state index in [1.165, 1.54) is 36.4 Å². The topological polar surface area (TPSA) is 90.3 Å². The Morgan fingerprint density at radius 1 is 1.20 bits per heavy atom. The van der Waals surface area contributed by atoms with E-state index in [4.69, 9.17) is 28.5 Å². The molecule has 6 nitrogen and oxygen atoms in total. The van der Waals surface area contributed by atoms with Crippen LogP contribution in [-0.2, 0) is 14.8 Å². The molecule has 0 saturated heterocycles. The first-order chi connectivity index (χ1) is 11.7. The van der Waals surface area contributed by atoms with E-state index in [0.29, 0.717) is 15.7 Å². The lowest BCUT2D eigenvalue weighted by Gasteiger charge is -2.22. The highest BCUT2D eigenvalue weighted by Crippen LogP contribution is 2.23. The molecule has 0 unspecified atom stereocenters. The Hall–Kier alpha value is -2.27. The van der Waals surface area contributed by atoms with Crippen LogP contribution in [0.1, 0.15) is 5.56 Å². The Morgan fingerprint density at radius 2 is 1.84 bits per heavy atom. The number of anilines is 2. The van der Waals surface area contributed by atoms with Gasteiger partial charge in [0.1, 0.15) is 6.54 Å². The number of carbonyl (C=O) groups is 1. The molecule has 1 N–H and O–H groups in total. The zero-order chi connectivity index (χ0) is 18.6. The Kier molecular flexibility index (Phi) is 5.90. The number of nitrogens with zero attached hydrogens (tertiary/aromatic N) is 2. The van der Waals surface area contributed by atoms with Crippen molar-refractivity contribution in [2.45, 2.75) is 0 Å². The number of nitrogens with one attached hydrogen (secondary N) is 1. The van der Waals surface area contributed by atoms with Gasteiger partial charge in [0.15, 0.2) is 0 Å². The van der Waals surface area contributed by atoms with Crippen molar-refractivity contribution < 1.29 is 13.2 Å². The summed E-state index contributed by atoms with van der Waals surface area (Å²) in [6, 6.07) is 12.4. The second-order valence-electron chi connectivity index (χ2n) is 5.14. The molecule has 0 spiro atoms. The molecule has 0 aliphatic rings. The third kappa shape index (κ3) is 5.36. The minimum Gasteiger partial charge on any atom is -0.324 e. The van der Waals surface area contributed by atoms with Crippen molar-refractivity contribution in [2.24, 2.45) is 0 Å². The molecule has 0 radical (unpaired) electrons. The summed E-state index contributed by atoms with van der Waals surface area (Å²) < 4.78 is 25.0. The van der Waals surface area contributed by atoms with E-state index in [1.54, 1.807) is 6.07 Å². The van der Waals surface area contributed by atoms with Gasteiger partial charge in [-0.3, -0.25) is 9.10 Å². The summed E-state index contributed by atoms with van der Waals surface area (Å²) in [4.78, 5) is 12.3. The third-order valence-electron chi connectivity index (χ3n) is 3.10. The van der Waals surface area contributed by atoms with Crippen molar-refractivity contribution in [2.75, 3.05) is 22.4 Å². The van der Waals surface area contributed by atoms with Crippen LogP contribution in [0, 0.1) is 11.3 Å². The lowest BCUT2D eigenvalue weighted by Crippen LogP contribution is -2.37. The van der Waals surface area contributed by atoms with E-state index >= 15 is 0 Å². The average Bonchev–Trinajstić information content (AvgIpc) is 2.50. The number of halogens is 2. The predicted molar refractivity (Wildman–Crippen MR) is 98.4 cm³/mol. The van der Waals surface area contributed by atoms with Gasteiger partial charge in [-0.05, 0) is 36.4 Å². The Bertz CT molecular complexity index is 935. The number of amides is 1. The number of nitriles is 1. The molecule has 2 rings (SSSR count). The summed E-state index contributed by atoms with van der Waals surface area (Å²) in [5, 5.41) is 12.2. The number of hydrogen-bond acceptors (Lipinski definition) is 4. The van der Waals surface area contributed by atoms with Crippen LogP contribution in [0.25, 0.3) is 0 Å². The second-order valence-corrected chi connectivity index (χ2v) is 7.92. The Balaban J connectivity index is 2.25. The fourth-order valence-electron chi connectivity index (χ4n) is 2.09. The molecule has 0 atom stereocenters. The summed E-state index contributed by atoms with van der Waals surface area (Å²) in [5.74, 6) is -0.578. The van der Waals surface area contributed by atoms with Gasteiger partial charge in [-0.1, -0.05) is 29.3 Å². The van der Waals surface area contributed by atoms with Crippen LogP contribution in [-0.4, -0.2) is 27.1 Å². The van der Waals surface area contributed by atoms with Crippen molar-refractivity contribution in [1.29, 1.82) is 5.26 Å². The number of carbonyl (C=O) groups excluding carboxylic acids is 1. The quantitative estimate of drug-likeness (QED) is 0.837. The molecule has 130 valence electrons. The molecule has 0 aliphatic carbocycles. The molecule has 0 bridgehead atoms. The zero-order valence-corrected chi connectivity index (χ0v) is 15.4. The second kappa shape index (κ2) is 7.74. The molecule has 9 heteroatoms. The molecule has 0 aliphatic heterocycles. The average molecular weight is 398 g/mol. The van der Waals surface area contributed by atoms with E-state index in [1.807, 2.05) is 6.07 Å². The van der Waals surface area contributed by atoms with Gasteiger partial charge in [0.25, 0.3) is 0 Å². The SMILES string of the molecule is CS(=O)(=O)N(CC(=O)Nc1cc(Cl)cc(Cl)c1)c1cccc(C#N)c1. The lowest BCUT2D eigenvalue weighted by molar-refractivity contribution is -0.114. The summed E-state index contributed by atoms with van der Waals surface area (Å²) in [5.41, 5.74) is 0.857. The van der Waals surface area contributed by atoms with E-state index in [9.17, 15) is 13.2 Å². The first-order valence-electron chi connectivity index (χ1n) is 6.93. The van der Waals surface area contributed by atoms with Crippen LogP contribution < -0.4 is 9.62 Å². The van der Waals surface area contributed by atoms with Gasteiger partial charge in [0.2, 0.25) is 15.9 Å². The van der Waals surface area contributed by atoms with Gasteiger partial charge >= 0.3 is 0 Å². The maximum atomic E-state index is 12.3. The van der Waals surface area contributed by atoms with Crippen molar-refractivity contribution in [3.05, 3.63) is 58.1 Å². The van der Waals surface area contributed by atoms with Crippen molar-refractivity contribution >= 4 is 50.5 Å². The van der Waals surface area contributed by atoms with Crippen LogP contribution in [0.2, 0.25) is 10.0 Å². The van der Waals surface area contributed by atoms with E-state index in [2.05, 4.69) is 5.32 Å². The van der Waals surface area contributed by atoms with Gasteiger partial charge in [0, 0.05) is 15.7 Å². The van der Waals surface area contributed by atoms with Crippen molar-refractivity contribution in [3.63, 3.8) is 0 Å². The van der Waals surface area contributed by atoms with Crippen molar-refractivity contribution in [3.8, 4) is 6.07 Å². The summed E-state index contributed by atoms with van der Waals surface area (Å²) in [6.45, 7) is -0.460. The van der Waals surface area contributed by atoms with Gasteiger partial charge < -0.3 is 5.32 Å². The maximum absolute atomic E-state index is 12.3. The predicted octanol–water partition coefficient (Wildman–Crippen LogP) is 3.27. The minimum absolute atomic E-state index is 0.223. The minimum atomic E-state index is -3.74. The van der Waals surface area contributed by atoms with Gasteiger partial charge in [0.05, 0.1) is 23.6 Å². The molecule has 25 heavy (non-hydrogen) atoms. The largest absolute Gasteiger partial charge is 0.324 e. The smallest absolute Gasteiger partial charge is 0.245 e. The van der Waals surface area contributed by atoms with E-state index < -0.39 is 22.5 Å². The first-order valence-corrected chi connectivity index (χ1v) is 9.53. The molecule has 0 fully saturated rings. The number of rotatable bonds is 5. The highest BCUT2D eigenvalue weighted by molar-refractivity contribution is 7.92. The van der Waals surface area contributed by atoms with Gasteiger partial charge in [-0.2, -0.15) is 5.26 Å². The lowest BCUT2D eigenvalue weighted by atomic mass is 10.2. The maximum Gasteiger partial charge on any atom is 0.245 e. The monoisotopic (exact) mass is 397 g/mol. The van der Waals surface area contributed by atoms with Crippen LogP contribution in [0.3, 0.4) is 0 Å². The number of hydrogen-bond donors (Lipinski definition) is 1. The van der Waals surface area contributed by atoms with E-state index in [0.717, 1.165) is 10.6 Å². The molecule has 0 saturated carbocycles. The summed E-state index contributed by atoms with van der Waals surface area (Å²) >= 11 is 11.7. The van der Waals surface area contributed by atoms with Crippen LogP contribution in [0.4, 0.5) is 11.4 Å². The third-order valence-corrected chi connectivity index (χ3v) is 4.67. The fraction of sp³-hybridized carbons (Fsp3) is 0.125. The summed E-state index contributed by atoms with van der Waals surface area (Å²) in [6.07, 6.45) is 0.982. The van der Waals surface area contributed by atoms with Crippen LogP contribution in [0.15, 0.2) is 42.5 Å². The normalized spacial score (nSPS) is 10.8. The van der Waals surface area contributed by atoms with Crippen molar-refractivity contribution in [1.82, 2.24) is 0 Å². The highest BCUT2D eigenvalue weighted by Gasteiger charge is 2.21. The number of benzene rings is 2. The molecule has 0 aromatic heterocycles. The highest BCUT2D eigenvalue weighted by atomic mass is 35.5. The van der Waals surface area contributed by atoms with Crippen LogP contribution >= 0.6 is 23.2 Å².